The first kappa shape index (κ1) is 11.5. The van der Waals surface area contributed by atoms with Gasteiger partial charge in [-0.2, -0.15) is 0 Å². The Morgan fingerprint density at radius 2 is 2.24 bits per heavy atom. The monoisotopic (exact) mass is 232 g/mol. The lowest BCUT2D eigenvalue weighted by atomic mass is 10.2. The van der Waals surface area contributed by atoms with Crippen LogP contribution in [0.4, 0.5) is 5.88 Å². The van der Waals surface area contributed by atoms with Crippen LogP contribution in [0, 0.1) is 0 Å². The van der Waals surface area contributed by atoms with Crippen LogP contribution in [0.2, 0.25) is 0 Å². The van der Waals surface area contributed by atoms with Crippen LogP contribution in [0.5, 0.6) is 5.75 Å². The minimum absolute atomic E-state index is 0.341. The highest BCUT2D eigenvalue weighted by molar-refractivity contribution is 5.28. The summed E-state index contributed by atoms with van der Waals surface area (Å²) in [5.74, 6) is 1.23. The van der Waals surface area contributed by atoms with Gasteiger partial charge in [-0.15, -0.1) is 0 Å². The molecule has 17 heavy (non-hydrogen) atoms. The summed E-state index contributed by atoms with van der Waals surface area (Å²) in [6.45, 7) is 2.69. The molecule has 2 rings (SSSR count). The first-order valence-electron chi connectivity index (χ1n) is 5.70. The molecule has 1 aromatic carbocycles. The summed E-state index contributed by atoms with van der Waals surface area (Å²) in [4.78, 5) is 0. The van der Waals surface area contributed by atoms with E-state index in [9.17, 15) is 0 Å². The molecule has 0 aliphatic carbocycles. The van der Waals surface area contributed by atoms with E-state index in [0.717, 1.165) is 17.9 Å². The van der Waals surface area contributed by atoms with Crippen LogP contribution >= 0.6 is 0 Å². The zero-order valence-corrected chi connectivity index (χ0v) is 9.85. The lowest BCUT2D eigenvalue weighted by molar-refractivity contribution is 0.316. The van der Waals surface area contributed by atoms with Gasteiger partial charge in [-0.1, -0.05) is 24.2 Å². The second kappa shape index (κ2) is 5.39. The minimum Gasteiger partial charge on any atom is -0.493 e. The van der Waals surface area contributed by atoms with Crippen molar-refractivity contribution in [3.63, 3.8) is 0 Å². The van der Waals surface area contributed by atoms with Gasteiger partial charge in [0, 0.05) is 12.5 Å². The standard InChI is InChI=1S/C13H16N2O2/c1-2-10-4-3-5-12(8-10)16-7-6-11-9-13(14)17-15-11/h3-5,8-9H,2,6-7,14H2,1H3. The number of hydrogen-bond donors (Lipinski definition) is 1. The molecule has 0 radical (unpaired) electrons. The van der Waals surface area contributed by atoms with Gasteiger partial charge in [0.05, 0.1) is 12.3 Å². The molecule has 0 bridgehead atoms. The van der Waals surface area contributed by atoms with Crippen molar-refractivity contribution in [1.82, 2.24) is 5.16 Å². The largest absolute Gasteiger partial charge is 0.493 e. The summed E-state index contributed by atoms with van der Waals surface area (Å²) < 4.78 is 10.4. The van der Waals surface area contributed by atoms with Crippen molar-refractivity contribution < 1.29 is 9.26 Å². The fourth-order valence-corrected chi connectivity index (χ4v) is 1.57. The molecule has 1 aromatic heterocycles. The van der Waals surface area contributed by atoms with Gasteiger partial charge in [-0.3, -0.25) is 0 Å². The van der Waals surface area contributed by atoms with Crippen LogP contribution in [-0.2, 0) is 12.8 Å². The molecule has 4 heteroatoms. The van der Waals surface area contributed by atoms with Gasteiger partial charge < -0.3 is 15.0 Å². The molecular weight excluding hydrogens is 216 g/mol. The third-order valence-corrected chi connectivity index (χ3v) is 2.51. The Kier molecular flexibility index (Phi) is 3.65. The first-order chi connectivity index (χ1) is 8.28. The Morgan fingerprint density at radius 1 is 1.35 bits per heavy atom. The molecule has 2 aromatic rings. The molecule has 0 saturated carbocycles. The molecule has 0 amide bonds. The Balaban J connectivity index is 1.85. The highest BCUT2D eigenvalue weighted by atomic mass is 16.5. The molecule has 0 aliphatic heterocycles. The molecule has 0 unspecified atom stereocenters. The van der Waals surface area contributed by atoms with Gasteiger partial charge in [-0.25, -0.2) is 0 Å². The molecule has 0 saturated heterocycles. The van der Waals surface area contributed by atoms with Gasteiger partial charge >= 0.3 is 0 Å². The number of aromatic nitrogens is 1. The third kappa shape index (κ3) is 3.24. The van der Waals surface area contributed by atoms with Gasteiger partial charge in [-0.05, 0) is 24.1 Å². The predicted molar refractivity (Wildman–Crippen MR) is 65.9 cm³/mol. The molecule has 0 spiro atoms. The number of nitrogens with zero attached hydrogens (tertiary/aromatic N) is 1. The number of benzene rings is 1. The number of nitrogen functional groups attached to an aromatic ring is 1. The quantitative estimate of drug-likeness (QED) is 0.860. The summed E-state index contributed by atoms with van der Waals surface area (Å²) >= 11 is 0. The lowest BCUT2D eigenvalue weighted by Gasteiger charge is -2.05. The Hall–Kier alpha value is -1.97. The van der Waals surface area contributed by atoms with Crippen molar-refractivity contribution in [3.05, 3.63) is 41.6 Å². The van der Waals surface area contributed by atoms with Crippen molar-refractivity contribution in [2.24, 2.45) is 0 Å². The maximum absolute atomic E-state index is 5.64. The summed E-state index contributed by atoms with van der Waals surface area (Å²) in [7, 11) is 0. The van der Waals surface area contributed by atoms with E-state index in [1.54, 1.807) is 6.07 Å². The van der Waals surface area contributed by atoms with Crippen LogP contribution in [0.25, 0.3) is 0 Å². The van der Waals surface area contributed by atoms with Crippen LogP contribution in [0.15, 0.2) is 34.9 Å². The number of anilines is 1. The third-order valence-electron chi connectivity index (χ3n) is 2.51. The molecule has 2 N–H and O–H groups in total. The molecular formula is C13H16N2O2. The van der Waals surface area contributed by atoms with Gasteiger partial charge in [0.15, 0.2) is 0 Å². The summed E-state index contributed by atoms with van der Waals surface area (Å²) in [5.41, 5.74) is 7.51. The molecule has 4 nitrogen and oxygen atoms in total. The topological polar surface area (TPSA) is 61.3 Å². The number of hydrogen-bond acceptors (Lipinski definition) is 4. The van der Waals surface area contributed by atoms with E-state index in [0.29, 0.717) is 18.9 Å². The van der Waals surface area contributed by atoms with Crippen molar-refractivity contribution in [2.45, 2.75) is 19.8 Å². The molecule has 1 heterocycles. The van der Waals surface area contributed by atoms with Crippen molar-refractivity contribution in [3.8, 4) is 5.75 Å². The van der Waals surface area contributed by atoms with Gasteiger partial charge in [0.1, 0.15) is 5.75 Å². The van der Waals surface area contributed by atoms with E-state index in [2.05, 4.69) is 24.2 Å². The van der Waals surface area contributed by atoms with E-state index >= 15 is 0 Å². The minimum atomic E-state index is 0.341. The maximum Gasteiger partial charge on any atom is 0.222 e. The molecule has 0 aliphatic rings. The van der Waals surface area contributed by atoms with E-state index in [1.807, 2.05) is 12.1 Å². The van der Waals surface area contributed by atoms with Crippen LogP contribution < -0.4 is 10.5 Å². The zero-order valence-electron chi connectivity index (χ0n) is 9.85. The van der Waals surface area contributed by atoms with Crippen LogP contribution in [0.3, 0.4) is 0 Å². The number of rotatable bonds is 5. The summed E-state index contributed by atoms with van der Waals surface area (Å²) in [6.07, 6.45) is 1.70. The number of ether oxygens (including phenoxy) is 1. The van der Waals surface area contributed by atoms with E-state index in [1.165, 1.54) is 5.56 Å². The molecule has 0 atom stereocenters. The van der Waals surface area contributed by atoms with Crippen molar-refractivity contribution >= 4 is 5.88 Å². The summed E-state index contributed by atoms with van der Waals surface area (Å²) in [6, 6.07) is 9.81. The molecule has 90 valence electrons. The van der Waals surface area contributed by atoms with Crippen molar-refractivity contribution in [1.29, 1.82) is 0 Å². The van der Waals surface area contributed by atoms with Crippen LogP contribution in [0.1, 0.15) is 18.2 Å². The average molecular weight is 232 g/mol. The van der Waals surface area contributed by atoms with Crippen LogP contribution in [-0.4, -0.2) is 11.8 Å². The fraction of sp³-hybridized carbons (Fsp3) is 0.308. The highest BCUT2D eigenvalue weighted by Gasteiger charge is 2.01. The van der Waals surface area contributed by atoms with E-state index in [-0.39, 0.29) is 0 Å². The zero-order chi connectivity index (χ0) is 12.1. The maximum atomic E-state index is 5.64. The second-order valence-electron chi connectivity index (χ2n) is 3.82. The SMILES string of the molecule is CCc1cccc(OCCc2cc(N)on2)c1. The highest BCUT2D eigenvalue weighted by Crippen LogP contribution is 2.14. The fourth-order valence-electron chi connectivity index (χ4n) is 1.57. The number of nitrogens with two attached hydrogens (primary N) is 1. The van der Waals surface area contributed by atoms with Gasteiger partial charge in [0.25, 0.3) is 0 Å². The normalized spacial score (nSPS) is 10.4. The van der Waals surface area contributed by atoms with Gasteiger partial charge in [0.2, 0.25) is 5.88 Å². The lowest BCUT2D eigenvalue weighted by Crippen LogP contribution is -2.01. The Bertz CT molecular complexity index is 480. The van der Waals surface area contributed by atoms with Crippen molar-refractivity contribution in [2.75, 3.05) is 12.3 Å². The number of aryl methyl sites for hydroxylation is 1. The average Bonchev–Trinajstić information content (AvgIpc) is 2.75. The first-order valence-corrected chi connectivity index (χ1v) is 5.70. The van der Waals surface area contributed by atoms with E-state index in [4.69, 9.17) is 15.0 Å². The predicted octanol–water partition coefficient (Wildman–Crippen LogP) is 2.44. The van der Waals surface area contributed by atoms with E-state index < -0.39 is 0 Å². The second-order valence-corrected chi connectivity index (χ2v) is 3.82. The molecule has 0 fully saturated rings. The Morgan fingerprint density at radius 3 is 2.94 bits per heavy atom. The Labute approximate surface area is 100 Å². The smallest absolute Gasteiger partial charge is 0.222 e. The summed E-state index contributed by atoms with van der Waals surface area (Å²) in [5, 5.41) is 3.80.